The van der Waals surface area contributed by atoms with Crippen LogP contribution in [0.5, 0.6) is 0 Å². The Morgan fingerprint density at radius 2 is 2.00 bits per heavy atom. The van der Waals surface area contributed by atoms with E-state index in [9.17, 15) is 13.2 Å². The lowest BCUT2D eigenvalue weighted by Crippen LogP contribution is -2.34. The minimum atomic E-state index is -4.13. The summed E-state index contributed by atoms with van der Waals surface area (Å²) in [6, 6.07) is 3.09. The molecule has 1 saturated carbocycles. The van der Waals surface area contributed by atoms with Crippen LogP contribution in [0.15, 0.2) is 18.5 Å². The Morgan fingerprint density at radius 1 is 1.18 bits per heavy atom. The minimum Gasteiger partial charge on any atom is -0.384 e. The summed E-state index contributed by atoms with van der Waals surface area (Å²) < 4.78 is 38.6. The van der Waals surface area contributed by atoms with Crippen LogP contribution in [0.1, 0.15) is 25.7 Å². The fraction of sp³-hybridized carbons (Fsp3) is 0.500. The van der Waals surface area contributed by atoms with Crippen LogP contribution in [0.2, 0.25) is 0 Å². The zero-order valence-corrected chi connectivity index (χ0v) is 11.8. The predicted octanol–water partition coefficient (Wildman–Crippen LogP) is 3.14. The molecule has 2 unspecified atom stereocenters. The molecule has 0 aromatic carbocycles. The highest BCUT2D eigenvalue weighted by molar-refractivity contribution is 5.87. The van der Waals surface area contributed by atoms with Crippen molar-refractivity contribution in [2.75, 3.05) is 11.1 Å². The van der Waals surface area contributed by atoms with E-state index in [0.29, 0.717) is 35.5 Å². The van der Waals surface area contributed by atoms with E-state index in [4.69, 9.17) is 5.73 Å². The van der Waals surface area contributed by atoms with Crippen LogP contribution < -0.4 is 11.1 Å². The lowest BCUT2D eigenvalue weighted by atomic mass is 9.85. The van der Waals surface area contributed by atoms with E-state index in [2.05, 4.69) is 20.3 Å². The first-order chi connectivity index (χ1) is 10.4. The molecule has 0 radical (unpaired) electrons. The van der Waals surface area contributed by atoms with E-state index < -0.39 is 12.1 Å². The van der Waals surface area contributed by atoms with Crippen molar-refractivity contribution >= 4 is 22.7 Å². The molecule has 1 aliphatic rings. The van der Waals surface area contributed by atoms with Gasteiger partial charge in [-0.2, -0.15) is 13.2 Å². The molecule has 2 heterocycles. The Hall–Kier alpha value is -2.12. The van der Waals surface area contributed by atoms with Gasteiger partial charge in [0.05, 0.1) is 11.3 Å². The van der Waals surface area contributed by atoms with Crippen molar-refractivity contribution in [3.8, 4) is 0 Å². The molecule has 0 saturated heterocycles. The number of nitrogens with two attached hydrogens (primary N) is 1. The van der Waals surface area contributed by atoms with Gasteiger partial charge in [0.15, 0.2) is 5.65 Å². The number of anilines is 2. The van der Waals surface area contributed by atoms with Crippen LogP contribution in [-0.2, 0) is 0 Å². The van der Waals surface area contributed by atoms with Gasteiger partial charge < -0.3 is 11.1 Å². The zero-order chi connectivity index (χ0) is 15.7. The minimum absolute atomic E-state index is 0.0669. The van der Waals surface area contributed by atoms with Crippen molar-refractivity contribution < 1.29 is 13.2 Å². The second-order valence-corrected chi connectivity index (χ2v) is 5.58. The first-order valence-corrected chi connectivity index (χ1v) is 7.14. The molecule has 5 nitrogen and oxygen atoms in total. The summed E-state index contributed by atoms with van der Waals surface area (Å²) in [5, 5.41) is 3.77. The molecular formula is C14H16F3N5. The first-order valence-electron chi connectivity index (χ1n) is 7.14. The highest BCUT2D eigenvalue weighted by Gasteiger charge is 2.42. The fourth-order valence-electron chi connectivity index (χ4n) is 2.88. The monoisotopic (exact) mass is 311 g/mol. The number of hydrogen-bond acceptors (Lipinski definition) is 5. The SMILES string of the molecule is Nc1ccc2c(NC3CCCC(C(F)(F)F)C3)ncnc2n1. The molecule has 3 N–H and O–H groups in total. The Balaban J connectivity index is 1.81. The first kappa shape index (κ1) is 14.8. The number of aromatic nitrogens is 3. The number of pyridine rings is 1. The lowest BCUT2D eigenvalue weighted by Gasteiger charge is -2.31. The maximum absolute atomic E-state index is 12.9. The molecule has 0 bridgehead atoms. The number of nitrogens with one attached hydrogen (secondary N) is 1. The molecule has 8 heteroatoms. The highest BCUT2D eigenvalue weighted by atomic mass is 19.4. The molecule has 1 fully saturated rings. The van der Waals surface area contributed by atoms with E-state index in [1.807, 2.05) is 0 Å². The van der Waals surface area contributed by atoms with Crippen molar-refractivity contribution in [1.29, 1.82) is 0 Å². The number of fused-ring (bicyclic) bond motifs is 1. The number of halogens is 3. The van der Waals surface area contributed by atoms with E-state index in [-0.39, 0.29) is 18.9 Å². The average Bonchev–Trinajstić information content (AvgIpc) is 2.46. The summed E-state index contributed by atoms with van der Waals surface area (Å²) in [5.41, 5.74) is 6.04. The number of hydrogen-bond donors (Lipinski definition) is 2. The van der Waals surface area contributed by atoms with Crippen molar-refractivity contribution in [3.63, 3.8) is 0 Å². The van der Waals surface area contributed by atoms with Crippen LogP contribution in [0, 0.1) is 5.92 Å². The van der Waals surface area contributed by atoms with Gasteiger partial charge in [-0.05, 0) is 31.4 Å². The third-order valence-corrected chi connectivity index (χ3v) is 4.00. The van der Waals surface area contributed by atoms with E-state index >= 15 is 0 Å². The molecule has 0 spiro atoms. The van der Waals surface area contributed by atoms with Gasteiger partial charge in [-0.1, -0.05) is 6.42 Å². The van der Waals surface area contributed by atoms with Gasteiger partial charge in [0.2, 0.25) is 0 Å². The van der Waals surface area contributed by atoms with Crippen molar-refractivity contribution in [3.05, 3.63) is 18.5 Å². The second-order valence-electron chi connectivity index (χ2n) is 5.58. The van der Waals surface area contributed by atoms with Gasteiger partial charge >= 0.3 is 6.18 Å². The number of alkyl halides is 3. The quantitative estimate of drug-likeness (QED) is 0.891. The molecule has 0 amide bonds. The maximum atomic E-state index is 12.9. The Kier molecular flexibility index (Phi) is 3.76. The van der Waals surface area contributed by atoms with Gasteiger partial charge in [-0.3, -0.25) is 0 Å². The summed E-state index contributed by atoms with van der Waals surface area (Å²) in [4.78, 5) is 12.3. The number of nitrogens with zero attached hydrogens (tertiary/aromatic N) is 3. The topological polar surface area (TPSA) is 76.7 Å². The van der Waals surface area contributed by atoms with Gasteiger partial charge in [0.1, 0.15) is 18.0 Å². The van der Waals surface area contributed by atoms with Crippen molar-refractivity contribution in [2.45, 2.75) is 37.9 Å². The zero-order valence-electron chi connectivity index (χ0n) is 11.8. The summed E-state index contributed by atoms with van der Waals surface area (Å²) in [5.74, 6) is -0.405. The van der Waals surface area contributed by atoms with E-state index in [1.165, 1.54) is 6.33 Å². The third kappa shape index (κ3) is 3.05. The number of rotatable bonds is 2. The summed E-state index contributed by atoms with van der Waals surface area (Å²) >= 11 is 0. The van der Waals surface area contributed by atoms with Gasteiger partial charge in [0.25, 0.3) is 0 Å². The van der Waals surface area contributed by atoms with Gasteiger partial charge in [0, 0.05) is 6.04 Å². The Bertz CT molecular complexity index is 673. The van der Waals surface area contributed by atoms with Crippen molar-refractivity contribution in [1.82, 2.24) is 15.0 Å². The lowest BCUT2D eigenvalue weighted by molar-refractivity contribution is -0.182. The van der Waals surface area contributed by atoms with Gasteiger partial charge in [-0.15, -0.1) is 0 Å². The molecule has 0 aliphatic heterocycles. The standard InChI is InChI=1S/C14H16F3N5/c15-14(16,17)8-2-1-3-9(6-8)21-12-10-4-5-11(18)22-13(10)20-7-19-12/h4-5,7-9H,1-3,6H2,(H3,18,19,20,21,22). The van der Waals surface area contributed by atoms with E-state index in [1.54, 1.807) is 12.1 Å². The molecule has 2 atom stereocenters. The smallest absolute Gasteiger partial charge is 0.384 e. The second kappa shape index (κ2) is 5.58. The number of nitrogen functional groups attached to an aromatic ring is 1. The van der Waals surface area contributed by atoms with Crippen LogP contribution >= 0.6 is 0 Å². The molecule has 118 valence electrons. The molecule has 3 rings (SSSR count). The van der Waals surface area contributed by atoms with E-state index in [0.717, 1.165) is 0 Å². The maximum Gasteiger partial charge on any atom is 0.391 e. The van der Waals surface area contributed by atoms with Crippen LogP contribution in [0.25, 0.3) is 11.0 Å². The van der Waals surface area contributed by atoms with Gasteiger partial charge in [-0.25, -0.2) is 15.0 Å². The highest BCUT2D eigenvalue weighted by Crippen LogP contribution is 2.38. The fourth-order valence-corrected chi connectivity index (χ4v) is 2.88. The predicted molar refractivity (Wildman–Crippen MR) is 77.2 cm³/mol. The Morgan fingerprint density at radius 3 is 2.77 bits per heavy atom. The van der Waals surface area contributed by atoms with Crippen LogP contribution in [0.4, 0.5) is 24.8 Å². The summed E-state index contributed by atoms with van der Waals surface area (Å²) in [7, 11) is 0. The molecule has 22 heavy (non-hydrogen) atoms. The third-order valence-electron chi connectivity index (χ3n) is 4.00. The van der Waals surface area contributed by atoms with Crippen molar-refractivity contribution in [2.24, 2.45) is 5.92 Å². The van der Waals surface area contributed by atoms with Crippen LogP contribution in [-0.4, -0.2) is 27.2 Å². The summed E-state index contributed by atoms with van der Waals surface area (Å²) in [6.45, 7) is 0. The molecule has 2 aromatic heterocycles. The Labute approximate surface area is 125 Å². The molecular weight excluding hydrogens is 295 g/mol. The molecule has 1 aliphatic carbocycles. The summed E-state index contributed by atoms with van der Waals surface area (Å²) in [6.07, 6.45) is -1.29. The molecule has 2 aromatic rings. The van der Waals surface area contributed by atoms with Crippen LogP contribution in [0.3, 0.4) is 0 Å². The average molecular weight is 311 g/mol. The largest absolute Gasteiger partial charge is 0.391 e. The normalized spacial score (nSPS) is 22.7.